The number of hydrogen-bond acceptors (Lipinski definition) is 4. The molecule has 0 amide bonds. The molecule has 0 saturated heterocycles. The molecule has 0 atom stereocenters. The molecule has 0 unspecified atom stereocenters. The Hall–Kier alpha value is -5.52. The summed E-state index contributed by atoms with van der Waals surface area (Å²) in [7, 11) is 0. The van der Waals surface area contributed by atoms with Gasteiger partial charge in [-0.15, -0.1) is 11.3 Å². The largest absolute Gasteiger partial charge is 0.452 e. The van der Waals surface area contributed by atoms with Crippen LogP contribution in [0.5, 0.6) is 0 Å². The van der Waals surface area contributed by atoms with Gasteiger partial charge in [-0.1, -0.05) is 103 Å². The molecule has 6 aromatic carbocycles. The number of aromatic nitrogens is 3. The van der Waals surface area contributed by atoms with Crippen LogP contribution in [0.3, 0.4) is 0 Å². The monoisotopic (exact) mass is 567 g/mol. The van der Waals surface area contributed by atoms with E-state index in [-0.39, 0.29) is 0 Å². The van der Waals surface area contributed by atoms with E-state index in [0.29, 0.717) is 11.5 Å². The molecule has 0 radical (unpaired) electrons. The van der Waals surface area contributed by atoms with Gasteiger partial charge in [-0.25, -0.2) is 9.97 Å². The van der Waals surface area contributed by atoms with Gasteiger partial charge in [0.25, 0.3) is 0 Å². The van der Waals surface area contributed by atoms with Gasteiger partial charge in [0.2, 0.25) is 5.95 Å². The molecule has 0 fully saturated rings. The molecular weight excluding hydrogens is 547 g/mol. The van der Waals surface area contributed by atoms with Crippen LogP contribution in [-0.4, -0.2) is 14.5 Å². The van der Waals surface area contributed by atoms with Crippen molar-refractivity contribution in [3.63, 3.8) is 0 Å². The first kappa shape index (κ1) is 23.1. The van der Waals surface area contributed by atoms with E-state index >= 15 is 0 Å². The Morgan fingerprint density at radius 2 is 1.33 bits per heavy atom. The highest BCUT2D eigenvalue weighted by molar-refractivity contribution is 7.26. The second-order valence-corrected chi connectivity index (χ2v) is 12.0. The maximum absolute atomic E-state index is 6.63. The van der Waals surface area contributed by atoms with E-state index in [0.717, 1.165) is 38.8 Å². The van der Waals surface area contributed by atoms with E-state index in [2.05, 4.69) is 114 Å². The van der Waals surface area contributed by atoms with Gasteiger partial charge in [0, 0.05) is 41.9 Å². The molecule has 0 bridgehead atoms. The first-order valence-electron chi connectivity index (χ1n) is 14.3. The van der Waals surface area contributed by atoms with E-state index in [1.807, 2.05) is 18.2 Å². The van der Waals surface area contributed by atoms with E-state index < -0.39 is 0 Å². The fourth-order valence-corrected chi connectivity index (χ4v) is 7.97. The standard InChI is InChI=1S/C38H21N3OS/c1-2-11-23(12-3-1)33-36-34(32-30(42-36)21-20-28-26-15-7-9-17-31(26)43-37(28)32)40-38(39-33)41-29-16-8-6-14-25(29)27-19-18-22-10-4-5-13-24(22)35(27)41/h1-21H. The number of thiophene rings is 1. The summed E-state index contributed by atoms with van der Waals surface area (Å²) in [4.78, 5) is 10.7. The summed E-state index contributed by atoms with van der Waals surface area (Å²) < 4.78 is 11.3. The normalized spacial score (nSPS) is 12.2. The fourth-order valence-electron chi connectivity index (χ4n) is 6.72. The number of para-hydroxylation sites is 1. The summed E-state index contributed by atoms with van der Waals surface area (Å²) in [6.07, 6.45) is 0. The number of benzene rings is 6. The number of nitrogens with zero attached hydrogens (tertiary/aromatic N) is 3. The van der Waals surface area contributed by atoms with Crippen molar-refractivity contribution in [3.05, 3.63) is 127 Å². The maximum atomic E-state index is 6.63. The lowest BCUT2D eigenvalue weighted by Crippen LogP contribution is -2.03. The van der Waals surface area contributed by atoms with Crippen molar-refractivity contribution >= 4 is 86.2 Å². The van der Waals surface area contributed by atoms with Gasteiger partial charge in [0.1, 0.15) is 16.8 Å². The molecule has 0 aliphatic heterocycles. The Bertz CT molecular complexity index is 2730. The molecule has 43 heavy (non-hydrogen) atoms. The number of furan rings is 1. The van der Waals surface area contributed by atoms with Crippen LogP contribution in [0.25, 0.3) is 92.0 Å². The predicted octanol–water partition coefficient (Wildman–Crippen LogP) is 10.7. The zero-order valence-corrected chi connectivity index (χ0v) is 23.6. The van der Waals surface area contributed by atoms with Crippen LogP contribution in [0.2, 0.25) is 0 Å². The third-order valence-corrected chi connectivity index (χ3v) is 9.82. The summed E-state index contributed by atoms with van der Waals surface area (Å²) in [6, 6.07) is 44.7. The molecule has 10 aromatic rings. The lowest BCUT2D eigenvalue weighted by Gasteiger charge is -2.10. The highest BCUT2D eigenvalue weighted by atomic mass is 32.1. The van der Waals surface area contributed by atoms with Crippen LogP contribution in [0.15, 0.2) is 132 Å². The fraction of sp³-hybridized carbons (Fsp3) is 0. The van der Waals surface area contributed by atoms with Crippen molar-refractivity contribution < 1.29 is 4.42 Å². The average molecular weight is 568 g/mol. The Kier molecular flexibility index (Phi) is 4.57. The van der Waals surface area contributed by atoms with Crippen molar-refractivity contribution in [2.24, 2.45) is 0 Å². The molecule has 4 aromatic heterocycles. The minimum absolute atomic E-state index is 0.634. The van der Waals surface area contributed by atoms with E-state index in [1.165, 1.54) is 41.7 Å². The molecule has 0 saturated carbocycles. The zero-order valence-electron chi connectivity index (χ0n) is 22.8. The van der Waals surface area contributed by atoms with Crippen LogP contribution < -0.4 is 0 Å². The Balaban J connectivity index is 1.42. The van der Waals surface area contributed by atoms with Gasteiger partial charge >= 0.3 is 0 Å². The van der Waals surface area contributed by atoms with Gasteiger partial charge in [-0.3, -0.25) is 4.57 Å². The summed E-state index contributed by atoms with van der Waals surface area (Å²) in [6.45, 7) is 0. The van der Waals surface area contributed by atoms with Crippen molar-refractivity contribution in [1.82, 2.24) is 14.5 Å². The molecule has 4 nitrogen and oxygen atoms in total. The van der Waals surface area contributed by atoms with Crippen molar-refractivity contribution in [3.8, 4) is 17.2 Å². The second-order valence-electron chi connectivity index (χ2n) is 11.0. The quantitative estimate of drug-likeness (QED) is 0.209. The molecule has 200 valence electrons. The lowest BCUT2D eigenvalue weighted by atomic mass is 10.1. The van der Waals surface area contributed by atoms with Crippen LogP contribution >= 0.6 is 11.3 Å². The van der Waals surface area contributed by atoms with Crippen LogP contribution in [0, 0.1) is 0 Å². The molecule has 0 N–H and O–H groups in total. The van der Waals surface area contributed by atoms with Gasteiger partial charge < -0.3 is 4.42 Å². The van der Waals surface area contributed by atoms with Gasteiger partial charge in [-0.2, -0.15) is 0 Å². The molecule has 0 spiro atoms. The number of fused-ring (bicyclic) bond motifs is 12. The molecule has 0 aliphatic carbocycles. The summed E-state index contributed by atoms with van der Waals surface area (Å²) in [5.41, 5.74) is 6.34. The predicted molar refractivity (Wildman–Crippen MR) is 179 cm³/mol. The minimum Gasteiger partial charge on any atom is -0.452 e. The van der Waals surface area contributed by atoms with Gasteiger partial charge in [-0.05, 0) is 29.7 Å². The number of hydrogen-bond donors (Lipinski definition) is 0. The second kappa shape index (κ2) is 8.51. The smallest absolute Gasteiger partial charge is 0.236 e. The Morgan fingerprint density at radius 3 is 2.23 bits per heavy atom. The van der Waals surface area contributed by atoms with Crippen molar-refractivity contribution in [2.75, 3.05) is 0 Å². The lowest BCUT2D eigenvalue weighted by molar-refractivity contribution is 0.667. The average Bonchev–Trinajstić information content (AvgIpc) is 3.74. The van der Waals surface area contributed by atoms with E-state index in [1.54, 1.807) is 11.3 Å². The highest BCUT2D eigenvalue weighted by Crippen LogP contribution is 2.44. The van der Waals surface area contributed by atoms with Crippen LogP contribution in [0.4, 0.5) is 0 Å². The maximum Gasteiger partial charge on any atom is 0.236 e. The summed E-state index contributed by atoms with van der Waals surface area (Å²) in [5, 5.41) is 8.24. The summed E-state index contributed by atoms with van der Waals surface area (Å²) >= 11 is 1.80. The molecular formula is C38H21N3OS. The molecule has 5 heteroatoms. The van der Waals surface area contributed by atoms with Gasteiger partial charge in [0.15, 0.2) is 5.58 Å². The van der Waals surface area contributed by atoms with Crippen molar-refractivity contribution in [2.45, 2.75) is 0 Å². The summed E-state index contributed by atoms with van der Waals surface area (Å²) in [5.74, 6) is 0.634. The van der Waals surface area contributed by atoms with E-state index in [9.17, 15) is 0 Å². The van der Waals surface area contributed by atoms with Crippen molar-refractivity contribution in [1.29, 1.82) is 0 Å². The Labute approximate surface area is 249 Å². The third-order valence-electron chi connectivity index (χ3n) is 8.62. The molecule has 0 aliphatic rings. The molecule has 10 rings (SSSR count). The first-order chi connectivity index (χ1) is 21.3. The zero-order chi connectivity index (χ0) is 28.1. The highest BCUT2D eigenvalue weighted by Gasteiger charge is 2.23. The van der Waals surface area contributed by atoms with E-state index in [4.69, 9.17) is 14.4 Å². The first-order valence-corrected chi connectivity index (χ1v) is 15.2. The van der Waals surface area contributed by atoms with Crippen LogP contribution in [-0.2, 0) is 0 Å². The number of rotatable bonds is 2. The SMILES string of the molecule is c1ccc(-c2nc(-n3c4ccccc4c4ccc5ccccc5c43)nc3c2oc2ccc4c5ccccc5sc4c23)cc1. The minimum atomic E-state index is 0.634. The van der Waals surface area contributed by atoms with Gasteiger partial charge in [0.05, 0.1) is 16.4 Å². The third kappa shape index (κ3) is 3.14. The topological polar surface area (TPSA) is 43.9 Å². The Morgan fingerprint density at radius 1 is 0.581 bits per heavy atom. The van der Waals surface area contributed by atoms with Crippen LogP contribution in [0.1, 0.15) is 0 Å². The molecule has 4 heterocycles.